The molecule has 4 amide bonds. The fourth-order valence-electron chi connectivity index (χ4n) is 2.46. The Labute approximate surface area is 176 Å². The first kappa shape index (κ1) is 20.9. The second-order valence-corrected chi connectivity index (χ2v) is 8.53. The average molecular weight is 457 g/mol. The van der Waals surface area contributed by atoms with Crippen molar-refractivity contribution >= 4 is 56.8 Å². The predicted molar refractivity (Wildman–Crippen MR) is 106 cm³/mol. The van der Waals surface area contributed by atoms with Gasteiger partial charge in [-0.15, -0.1) is 0 Å². The number of hydrogen-bond donors (Lipinski definition) is 3. The molecule has 0 aliphatic carbocycles. The van der Waals surface area contributed by atoms with Crippen LogP contribution in [0.15, 0.2) is 47.4 Å². The molecule has 3 rings (SSSR count). The Balaban J connectivity index is 1.62. The number of anilines is 1. The van der Waals surface area contributed by atoms with Crippen molar-refractivity contribution in [3.63, 3.8) is 0 Å². The van der Waals surface area contributed by atoms with E-state index in [1.807, 2.05) is 5.32 Å². The molecule has 0 aromatic heterocycles. The number of benzene rings is 2. The van der Waals surface area contributed by atoms with E-state index >= 15 is 0 Å². The lowest BCUT2D eigenvalue weighted by molar-refractivity contribution is -0.124. The Bertz CT molecular complexity index is 1090. The standard InChI is InChI=1S/C17H14Cl2N4O5S/c18-13-6-5-12(8-14(13)19)29(27,28)22-11-3-1-10(2-4-11)7-15(24)21-23-9-16(25)20-17(23)26/h1-6,8,22H,7,9H2,(H,21,24)(H,20,25,26). The Morgan fingerprint density at radius 2 is 1.76 bits per heavy atom. The Morgan fingerprint density at radius 1 is 1.07 bits per heavy atom. The first-order valence-electron chi connectivity index (χ1n) is 8.12. The fraction of sp³-hybridized carbons (Fsp3) is 0.118. The van der Waals surface area contributed by atoms with E-state index in [4.69, 9.17) is 23.2 Å². The zero-order valence-corrected chi connectivity index (χ0v) is 16.9. The second kappa shape index (κ2) is 8.27. The molecular weight excluding hydrogens is 443 g/mol. The van der Waals surface area contributed by atoms with E-state index in [1.54, 1.807) is 12.1 Å². The van der Waals surface area contributed by atoms with Crippen molar-refractivity contribution in [3.8, 4) is 0 Å². The molecule has 29 heavy (non-hydrogen) atoms. The molecule has 1 fully saturated rings. The molecule has 0 unspecified atom stereocenters. The van der Waals surface area contributed by atoms with Crippen LogP contribution >= 0.6 is 23.2 Å². The minimum atomic E-state index is -3.87. The number of urea groups is 1. The predicted octanol–water partition coefficient (Wildman–Crippen LogP) is 1.92. The number of amides is 4. The summed E-state index contributed by atoms with van der Waals surface area (Å²) in [6.45, 7) is -0.250. The highest BCUT2D eigenvalue weighted by atomic mass is 35.5. The van der Waals surface area contributed by atoms with Crippen LogP contribution < -0.4 is 15.5 Å². The van der Waals surface area contributed by atoms with E-state index in [0.717, 1.165) is 5.01 Å². The van der Waals surface area contributed by atoms with Gasteiger partial charge in [0.15, 0.2) is 0 Å². The number of carbonyl (C=O) groups excluding carboxylic acids is 3. The van der Waals surface area contributed by atoms with Gasteiger partial charge in [-0.3, -0.25) is 25.1 Å². The lowest BCUT2D eigenvalue weighted by Crippen LogP contribution is -2.44. The molecule has 1 aliphatic rings. The number of hydrogen-bond acceptors (Lipinski definition) is 5. The molecule has 2 aromatic rings. The largest absolute Gasteiger partial charge is 0.343 e. The van der Waals surface area contributed by atoms with Gasteiger partial charge >= 0.3 is 6.03 Å². The molecule has 0 saturated carbocycles. The summed E-state index contributed by atoms with van der Waals surface area (Å²) in [6, 6.07) is 9.35. The van der Waals surface area contributed by atoms with E-state index in [2.05, 4.69) is 10.1 Å². The van der Waals surface area contributed by atoms with Crippen molar-refractivity contribution in [2.75, 3.05) is 11.3 Å². The monoisotopic (exact) mass is 456 g/mol. The minimum absolute atomic E-state index is 0.0474. The third kappa shape index (κ3) is 5.17. The van der Waals surface area contributed by atoms with Gasteiger partial charge in [0, 0.05) is 5.69 Å². The molecule has 2 aromatic carbocycles. The van der Waals surface area contributed by atoms with Crippen LogP contribution in [0, 0.1) is 0 Å². The highest BCUT2D eigenvalue weighted by Gasteiger charge is 2.28. The van der Waals surface area contributed by atoms with E-state index in [0.29, 0.717) is 5.56 Å². The number of nitrogens with one attached hydrogen (secondary N) is 3. The maximum atomic E-state index is 12.4. The molecule has 0 spiro atoms. The van der Waals surface area contributed by atoms with Gasteiger partial charge in [-0.25, -0.2) is 18.2 Å². The third-order valence-electron chi connectivity index (χ3n) is 3.83. The first-order valence-corrected chi connectivity index (χ1v) is 10.4. The van der Waals surface area contributed by atoms with E-state index < -0.39 is 27.9 Å². The van der Waals surface area contributed by atoms with Crippen LogP contribution in [0.25, 0.3) is 0 Å². The van der Waals surface area contributed by atoms with Gasteiger partial charge in [0.2, 0.25) is 11.8 Å². The van der Waals surface area contributed by atoms with Gasteiger partial charge in [0.1, 0.15) is 6.54 Å². The van der Waals surface area contributed by atoms with Crippen LogP contribution in [0.1, 0.15) is 5.56 Å². The summed E-state index contributed by atoms with van der Waals surface area (Å²) in [5.41, 5.74) is 3.18. The number of imide groups is 1. The Hall–Kier alpha value is -2.82. The Kier molecular flexibility index (Phi) is 5.96. The molecule has 9 nitrogen and oxygen atoms in total. The molecule has 0 bridgehead atoms. The van der Waals surface area contributed by atoms with Crippen molar-refractivity contribution in [2.45, 2.75) is 11.3 Å². The number of carbonyl (C=O) groups is 3. The summed E-state index contributed by atoms with van der Waals surface area (Å²) < 4.78 is 27.3. The molecule has 152 valence electrons. The number of nitrogens with zero attached hydrogens (tertiary/aromatic N) is 1. The number of sulfonamides is 1. The zero-order chi connectivity index (χ0) is 21.2. The van der Waals surface area contributed by atoms with Gasteiger partial charge in [0.25, 0.3) is 10.0 Å². The maximum Gasteiger partial charge on any atom is 0.343 e. The van der Waals surface area contributed by atoms with Crippen LogP contribution in [0.2, 0.25) is 10.0 Å². The van der Waals surface area contributed by atoms with Crippen LogP contribution in [-0.4, -0.2) is 37.8 Å². The number of hydrazine groups is 1. The molecule has 1 heterocycles. The van der Waals surface area contributed by atoms with E-state index in [9.17, 15) is 22.8 Å². The van der Waals surface area contributed by atoms with Crippen molar-refractivity contribution < 1.29 is 22.8 Å². The highest BCUT2D eigenvalue weighted by molar-refractivity contribution is 7.92. The van der Waals surface area contributed by atoms with Crippen LogP contribution in [0.3, 0.4) is 0 Å². The summed E-state index contributed by atoms with van der Waals surface area (Å²) in [6.07, 6.45) is -0.0716. The molecule has 3 N–H and O–H groups in total. The van der Waals surface area contributed by atoms with Crippen molar-refractivity contribution in [3.05, 3.63) is 58.1 Å². The second-order valence-electron chi connectivity index (χ2n) is 6.03. The first-order chi connectivity index (χ1) is 13.6. The van der Waals surface area contributed by atoms with Gasteiger partial charge in [0.05, 0.1) is 21.4 Å². The lowest BCUT2D eigenvalue weighted by Gasteiger charge is -2.14. The van der Waals surface area contributed by atoms with Crippen molar-refractivity contribution in [1.82, 2.24) is 15.8 Å². The average Bonchev–Trinajstić information content (AvgIpc) is 2.95. The summed E-state index contributed by atoms with van der Waals surface area (Å²) in [7, 11) is -3.87. The summed E-state index contributed by atoms with van der Waals surface area (Å²) in [5, 5.41) is 3.27. The van der Waals surface area contributed by atoms with Gasteiger partial charge in [-0.05, 0) is 35.9 Å². The van der Waals surface area contributed by atoms with E-state index in [1.165, 1.54) is 30.3 Å². The summed E-state index contributed by atoms with van der Waals surface area (Å²) in [5.74, 6) is -1.01. The van der Waals surface area contributed by atoms with Crippen molar-refractivity contribution in [1.29, 1.82) is 0 Å². The maximum absolute atomic E-state index is 12.4. The Morgan fingerprint density at radius 3 is 2.34 bits per heavy atom. The summed E-state index contributed by atoms with van der Waals surface area (Å²) >= 11 is 11.7. The number of rotatable bonds is 6. The van der Waals surface area contributed by atoms with Crippen LogP contribution in [0.5, 0.6) is 0 Å². The van der Waals surface area contributed by atoms with Gasteiger partial charge < -0.3 is 0 Å². The molecule has 12 heteroatoms. The molecule has 1 aliphatic heterocycles. The molecule has 1 saturated heterocycles. The molecule has 0 radical (unpaired) electrons. The van der Waals surface area contributed by atoms with Crippen LogP contribution in [-0.2, 0) is 26.0 Å². The fourth-order valence-corrected chi connectivity index (χ4v) is 3.90. The quantitative estimate of drug-likeness (QED) is 0.572. The number of halogens is 2. The highest BCUT2D eigenvalue weighted by Crippen LogP contribution is 2.26. The lowest BCUT2D eigenvalue weighted by atomic mass is 10.1. The molecular formula is C17H14Cl2N4O5S. The third-order valence-corrected chi connectivity index (χ3v) is 5.94. The smallest absolute Gasteiger partial charge is 0.280 e. The van der Waals surface area contributed by atoms with Crippen LogP contribution in [0.4, 0.5) is 10.5 Å². The summed E-state index contributed by atoms with van der Waals surface area (Å²) in [4.78, 5) is 34.5. The van der Waals surface area contributed by atoms with Gasteiger partial charge in [-0.2, -0.15) is 0 Å². The SMILES string of the molecule is O=C1CN(NC(=O)Cc2ccc(NS(=O)(=O)c3ccc(Cl)c(Cl)c3)cc2)C(=O)N1. The van der Waals surface area contributed by atoms with Crippen molar-refractivity contribution in [2.24, 2.45) is 0 Å². The molecule has 0 atom stereocenters. The normalized spacial score (nSPS) is 13.9. The van der Waals surface area contributed by atoms with Gasteiger partial charge in [-0.1, -0.05) is 35.3 Å². The minimum Gasteiger partial charge on any atom is -0.280 e. The topological polar surface area (TPSA) is 125 Å². The zero-order valence-electron chi connectivity index (χ0n) is 14.6. The van der Waals surface area contributed by atoms with E-state index in [-0.39, 0.29) is 33.6 Å².